The summed E-state index contributed by atoms with van der Waals surface area (Å²) in [5, 5.41) is 7.67. The Balaban J connectivity index is 1.53. The minimum absolute atomic E-state index is 0.0433. The maximum Gasteiger partial charge on any atom is 0.410 e. The molecule has 8 heteroatoms. The maximum atomic E-state index is 13.8. The van der Waals surface area contributed by atoms with Crippen molar-refractivity contribution in [2.75, 3.05) is 18.4 Å². The number of fused-ring (bicyclic) bond motifs is 1. The van der Waals surface area contributed by atoms with Gasteiger partial charge >= 0.3 is 6.18 Å². The smallest absolute Gasteiger partial charge is 0.367 e. The number of carbonyl (C=O) groups excluding carboxylic acids is 1. The van der Waals surface area contributed by atoms with E-state index in [4.69, 9.17) is 0 Å². The predicted molar refractivity (Wildman–Crippen MR) is 118 cm³/mol. The van der Waals surface area contributed by atoms with E-state index in [1.807, 2.05) is 62.9 Å². The van der Waals surface area contributed by atoms with Crippen LogP contribution in [0.5, 0.6) is 0 Å². The largest absolute Gasteiger partial charge is 0.410 e. The fourth-order valence-corrected chi connectivity index (χ4v) is 4.72. The molecule has 1 fully saturated rings. The van der Waals surface area contributed by atoms with Gasteiger partial charge < -0.3 is 10.2 Å². The molecule has 4 atom stereocenters. The molecule has 5 nitrogen and oxygen atoms in total. The number of aromatic nitrogens is 2. The van der Waals surface area contributed by atoms with Crippen LogP contribution in [-0.4, -0.2) is 45.9 Å². The van der Waals surface area contributed by atoms with Gasteiger partial charge in [0.25, 0.3) is 0 Å². The van der Waals surface area contributed by atoms with Crippen molar-refractivity contribution < 1.29 is 18.0 Å². The molecule has 1 aromatic heterocycles. The molecule has 2 aromatic rings. The summed E-state index contributed by atoms with van der Waals surface area (Å²) < 4.78 is 42.6. The van der Waals surface area contributed by atoms with Crippen molar-refractivity contribution in [3.63, 3.8) is 0 Å². The zero-order valence-electron chi connectivity index (χ0n) is 19.0. The number of alkyl halides is 3. The summed E-state index contributed by atoms with van der Waals surface area (Å²) in [5.74, 6) is 0.135. The second kappa shape index (κ2) is 8.12. The van der Waals surface area contributed by atoms with Gasteiger partial charge in [0.15, 0.2) is 6.04 Å². The molecule has 0 radical (unpaired) electrons. The third kappa shape index (κ3) is 4.36. The summed E-state index contributed by atoms with van der Waals surface area (Å²) >= 11 is 0. The van der Waals surface area contributed by atoms with Gasteiger partial charge in [-0.05, 0) is 30.7 Å². The first-order valence-corrected chi connectivity index (χ1v) is 11.2. The van der Waals surface area contributed by atoms with Crippen LogP contribution in [0.1, 0.15) is 69.7 Å². The van der Waals surface area contributed by atoms with Gasteiger partial charge in [0, 0.05) is 31.1 Å². The Morgan fingerprint density at radius 1 is 1.19 bits per heavy atom. The lowest BCUT2D eigenvalue weighted by Gasteiger charge is -2.39. The van der Waals surface area contributed by atoms with Gasteiger partial charge in [-0.1, -0.05) is 51.1 Å². The zero-order chi connectivity index (χ0) is 23.3. The molecular formula is C24H31F3N4O. The molecule has 0 aliphatic carbocycles. The topological polar surface area (TPSA) is 50.2 Å². The number of rotatable bonds is 3. The van der Waals surface area contributed by atoms with Crippen LogP contribution in [0, 0.1) is 5.41 Å². The lowest BCUT2D eigenvalue weighted by molar-refractivity contribution is -0.175. The number of nitrogens with zero attached hydrogens (tertiary/aromatic N) is 3. The Morgan fingerprint density at radius 3 is 2.50 bits per heavy atom. The zero-order valence-corrected chi connectivity index (χ0v) is 19.0. The average Bonchev–Trinajstić information content (AvgIpc) is 3.38. The SMILES string of the molecule is C[C@@H](C(=O)N1CC[C@H](c2cc3n(n2)[C@H](C(F)(F)F)C[C@H](C(C)(C)C)N3)C1)c1ccccc1. The van der Waals surface area contributed by atoms with Crippen molar-refractivity contribution in [1.29, 1.82) is 0 Å². The Bertz CT molecular complexity index is 964. The van der Waals surface area contributed by atoms with Crippen LogP contribution in [0.15, 0.2) is 36.4 Å². The summed E-state index contributed by atoms with van der Waals surface area (Å²) in [6.45, 7) is 8.79. The fourth-order valence-electron chi connectivity index (χ4n) is 4.72. The Labute approximate surface area is 187 Å². The lowest BCUT2D eigenvalue weighted by Crippen LogP contribution is -2.44. The Morgan fingerprint density at radius 2 is 1.88 bits per heavy atom. The van der Waals surface area contributed by atoms with E-state index in [1.165, 1.54) is 0 Å². The van der Waals surface area contributed by atoms with Crippen molar-refractivity contribution >= 4 is 11.7 Å². The second-order valence-corrected chi connectivity index (χ2v) is 10.2. The number of halogens is 3. The number of amides is 1. The summed E-state index contributed by atoms with van der Waals surface area (Å²) in [4.78, 5) is 14.8. The highest BCUT2D eigenvalue weighted by atomic mass is 19.4. The predicted octanol–water partition coefficient (Wildman–Crippen LogP) is 5.34. The minimum Gasteiger partial charge on any atom is -0.367 e. The van der Waals surface area contributed by atoms with Gasteiger partial charge in [-0.2, -0.15) is 18.3 Å². The van der Waals surface area contributed by atoms with Gasteiger partial charge in [0.05, 0.1) is 11.6 Å². The summed E-state index contributed by atoms with van der Waals surface area (Å²) in [5.41, 5.74) is 1.27. The first kappa shape index (κ1) is 22.7. The molecule has 174 valence electrons. The van der Waals surface area contributed by atoms with Crippen LogP contribution in [0.25, 0.3) is 0 Å². The van der Waals surface area contributed by atoms with Crippen molar-refractivity contribution in [2.45, 2.75) is 70.6 Å². The van der Waals surface area contributed by atoms with Crippen molar-refractivity contribution in [2.24, 2.45) is 5.41 Å². The monoisotopic (exact) mass is 448 g/mol. The van der Waals surface area contributed by atoms with Crippen LogP contribution < -0.4 is 5.32 Å². The minimum atomic E-state index is -4.37. The van der Waals surface area contributed by atoms with E-state index in [2.05, 4.69) is 10.4 Å². The summed E-state index contributed by atoms with van der Waals surface area (Å²) in [6, 6.07) is 9.42. The molecule has 1 amide bonds. The molecule has 0 unspecified atom stereocenters. The fraction of sp³-hybridized carbons (Fsp3) is 0.583. The quantitative estimate of drug-likeness (QED) is 0.690. The molecule has 0 saturated carbocycles. The Hall–Kier alpha value is -2.51. The highest BCUT2D eigenvalue weighted by Crippen LogP contribution is 2.44. The van der Waals surface area contributed by atoms with Crippen LogP contribution in [0.2, 0.25) is 0 Å². The van der Waals surface area contributed by atoms with Crippen LogP contribution in [0.3, 0.4) is 0 Å². The van der Waals surface area contributed by atoms with Crippen LogP contribution in [-0.2, 0) is 4.79 Å². The van der Waals surface area contributed by atoms with E-state index in [9.17, 15) is 18.0 Å². The molecule has 0 bridgehead atoms. The Kier molecular flexibility index (Phi) is 5.75. The lowest BCUT2D eigenvalue weighted by atomic mass is 9.82. The van der Waals surface area contributed by atoms with Crippen molar-refractivity contribution in [3.05, 3.63) is 47.7 Å². The summed E-state index contributed by atoms with van der Waals surface area (Å²) in [7, 11) is 0. The molecule has 4 rings (SSSR count). The number of hydrogen-bond acceptors (Lipinski definition) is 3. The van der Waals surface area contributed by atoms with Crippen LogP contribution >= 0.6 is 0 Å². The molecule has 1 saturated heterocycles. The highest BCUT2D eigenvalue weighted by molar-refractivity contribution is 5.83. The molecule has 2 aliphatic rings. The van der Waals surface area contributed by atoms with Gasteiger partial charge in [0.1, 0.15) is 5.82 Å². The number of likely N-dealkylation sites (tertiary alicyclic amines) is 1. The standard InChI is InChI=1S/C24H31F3N4O/c1-15(16-8-6-5-7-9-16)22(32)30-11-10-17(14-30)18-12-21-28-19(23(2,3)4)13-20(24(25,26)27)31(21)29-18/h5-9,12,15,17,19-20,28H,10-11,13-14H2,1-4H3/t15-,17+,19-,20+/m1/s1. The van der Waals surface area contributed by atoms with E-state index in [0.717, 1.165) is 10.2 Å². The number of nitrogens with one attached hydrogen (secondary N) is 1. The number of anilines is 1. The van der Waals surface area contributed by atoms with Gasteiger partial charge in [-0.15, -0.1) is 0 Å². The van der Waals surface area contributed by atoms with E-state index in [1.54, 1.807) is 6.07 Å². The molecule has 2 aliphatic heterocycles. The van der Waals surface area contributed by atoms with Gasteiger partial charge in [0.2, 0.25) is 5.91 Å². The van der Waals surface area contributed by atoms with Gasteiger partial charge in [-0.3, -0.25) is 4.79 Å². The molecule has 0 spiro atoms. The van der Waals surface area contributed by atoms with E-state index >= 15 is 0 Å². The van der Waals surface area contributed by atoms with E-state index in [0.29, 0.717) is 31.0 Å². The number of hydrogen-bond donors (Lipinski definition) is 1. The maximum absolute atomic E-state index is 13.8. The number of carbonyl (C=O) groups is 1. The van der Waals surface area contributed by atoms with E-state index in [-0.39, 0.29) is 35.6 Å². The molecular weight excluding hydrogens is 417 g/mol. The molecule has 1 N–H and O–H groups in total. The normalized spacial score (nSPS) is 24.7. The van der Waals surface area contributed by atoms with Crippen LogP contribution in [0.4, 0.5) is 19.0 Å². The first-order valence-electron chi connectivity index (χ1n) is 11.2. The van der Waals surface area contributed by atoms with Crippen molar-refractivity contribution in [1.82, 2.24) is 14.7 Å². The highest BCUT2D eigenvalue weighted by Gasteiger charge is 2.48. The van der Waals surface area contributed by atoms with Gasteiger partial charge in [-0.25, -0.2) is 4.68 Å². The molecule has 32 heavy (non-hydrogen) atoms. The molecule has 3 heterocycles. The first-order chi connectivity index (χ1) is 14.9. The summed E-state index contributed by atoms with van der Waals surface area (Å²) in [6.07, 6.45) is -3.72. The third-order valence-electron chi connectivity index (χ3n) is 6.84. The number of benzene rings is 1. The second-order valence-electron chi connectivity index (χ2n) is 10.2. The van der Waals surface area contributed by atoms with Crippen molar-refractivity contribution in [3.8, 4) is 0 Å². The van der Waals surface area contributed by atoms with E-state index < -0.39 is 12.2 Å². The third-order valence-corrected chi connectivity index (χ3v) is 6.84. The average molecular weight is 449 g/mol. The molecule has 1 aromatic carbocycles.